The van der Waals surface area contributed by atoms with Gasteiger partial charge in [0.2, 0.25) is 0 Å². The summed E-state index contributed by atoms with van der Waals surface area (Å²) < 4.78 is 0. The van der Waals surface area contributed by atoms with E-state index in [1.807, 2.05) is 7.05 Å². The monoisotopic (exact) mass is 153 g/mol. The average Bonchev–Trinajstić information content (AvgIpc) is 2.00. The van der Waals surface area contributed by atoms with Gasteiger partial charge in [0.15, 0.2) is 0 Å². The predicted octanol–water partition coefficient (Wildman–Crippen LogP) is 3.07. The Morgan fingerprint density at radius 2 is 1.55 bits per heavy atom. The fourth-order valence-electron chi connectivity index (χ4n) is 0.886. The van der Waals surface area contributed by atoms with E-state index < -0.39 is 0 Å². The van der Waals surface area contributed by atoms with E-state index >= 15 is 0 Å². The largest absolute Gasteiger partial charge is 0.293 e. The van der Waals surface area contributed by atoms with Gasteiger partial charge in [-0.3, -0.25) is 4.99 Å². The molecule has 0 spiro atoms. The number of rotatable bonds is 2. The molecule has 64 valence electrons. The van der Waals surface area contributed by atoms with E-state index in [9.17, 15) is 0 Å². The van der Waals surface area contributed by atoms with Gasteiger partial charge in [-0.2, -0.15) is 0 Å². The minimum Gasteiger partial charge on any atom is -0.293 e. The lowest BCUT2D eigenvalue weighted by molar-refractivity contribution is 0.762. The molecule has 0 atom stereocenters. The van der Waals surface area contributed by atoms with Crippen LogP contribution in [0.3, 0.4) is 0 Å². The van der Waals surface area contributed by atoms with Gasteiger partial charge >= 0.3 is 0 Å². The van der Waals surface area contributed by atoms with Crippen molar-refractivity contribution in [2.75, 3.05) is 7.05 Å². The highest BCUT2D eigenvalue weighted by Crippen LogP contribution is 2.14. The van der Waals surface area contributed by atoms with E-state index in [-0.39, 0.29) is 0 Å². The number of nitrogens with zero attached hydrogens (tertiary/aromatic N) is 1. The van der Waals surface area contributed by atoms with Gasteiger partial charge < -0.3 is 0 Å². The van der Waals surface area contributed by atoms with Gasteiger partial charge in [0.1, 0.15) is 0 Å². The SMILES string of the molecule is CN=C(C)C(C)=C(C)C(C)C. The molecule has 0 amide bonds. The van der Waals surface area contributed by atoms with E-state index in [1.54, 1.807) is 0 Å². The molecule has 0 aliphatic rings. The summed E-state index contributed by atoms with van der Waals surface area (Å²) in [6.07, 6.45) is 0. The topological polar surface area (TPSA) is 12.4 Å². The number of aliphatic imine (C=N–C) groups is 1. The maximum atomic E-state index is 4.15. The Morgan fingerprint density at radius 1 is 1.09 bits per heavy atom. The van der Waals surface area contributed by atoms with Crippen LogP contribution in [-0.4, -0.2) is 12.8 Å². The molecule has 0 aromatic rings. The molecule has 0 saturated carbocycles. The van der Waals surface area contributed by atoms with Crippen molar-refractivity contribution in [3.8, 4) is 0 Å². The maximum Gasteiger partial charge on any atom is 0.0342 e. The van der Waals surface area contributed by atoms with Crippen molar-refractivity contribution in [1.82, 2.24) is 0 Å². The van der Waals surface area contributed by atoms with E-state index in [0.29, 0.717) is 5.92 Å². The smallest absolute Gasteiger partial charge is 0.0342 e. The fraction of sp³-hybridized carbons (Fsp3) is 0.700. The third-order valence-corrected chi connectivity index (χ3v) is 2.34. The standard InChI is InChI=1S/C10H19N/c1-7(2)8(3)9(4)10(5)11-6/h7H,1-6H3. The van der Waals surface area contributed by atoms with Crippen LogP contribution in [0.1, 0.15) is 34.6 Å². The molecular formula is C10H19N. The first-order chi connectivity index (χ1) is 5.00. The van der Waals surface area contributed by atoms with E-state index in [1.165, 1.54) is 11.1 Å². The molecule has 0 aromatic heterocycles. The van der Waals surface area contributed by atoms with Crippen LogP contribution in [0.15, 0.2) is 16.1 Å². The van der Waals surface area contributed by atoms with Crippen LogP contribution in [0.25, 0.3) is 0 Å². The molecule has 1 heteroatoms. The molecule has 0 fully saturated rings. The molecule has 0 N–H and O–H groups in total. The normalized spacial score (nSPS) is 15.4. The molecular weight excluding hydrogens is 134 g/mol. The second kappa shape index (κ2) is 4.32. The van der Waals surface area contributed by atoms with Crippen LogP contribution in [-0.2, 0) is 0 Å². The highest BCUT2D eigenvalue weighted by atomic mass is 14.7. The lowest BCUT2D eigenvalue weighted by atomic mass is 9.97. The van der Waals surface area contributed by atoms with Gasteiger partial charge in [-0.05, 0) is 32.3 Å². The minimum absolute atomic E-state index is 0.631. The molecule has 0 aliphatic carbocycles. The molecule has 1 nitrogen and oxygen atoms in total. The van der Waals surface area contributed by atoms with E-state index in [0.717, 1.165) is 5.71 Å². The molecule has 0 aromatic carbocycles. The first kappa shape index (κ1) is 10.4. The first-order valence-corrected chi connectivity index (χ1v) is 4.11. The van der Waals surface area contributed by atoms with Crippen molar-refractivity contribution < 1.29 is 0 Å². The summed E-state index contributed by atoms with van der Waals surface area (Å²) in [6, 6.07) is 0. The summed E-state index contributed by atoms with van der Waals surface area (Å²) >= 11 is 0. The molecule has 0 saturated heterocycles. The highest BCUT2D eigenvalue weighted by Gasteiger charge is 2.02. The zero-order valence-electron chi connectivity index (χ0n) is 8.52. The number of hydrogen-bond donors (Lipinski definition) is 0. The zero-order chi connectivity index (χ0) is 9.02. The molecule has 0 bridgehead atoms. The van der Waals surface area contributed by atoms with Crippen molar-refractivity contribution in [1.29, 1.82) is 0 Å². The van der Waals surface area contributed by atoms with Crippen molar-refractivity contribution >= 4 is 5.71 Å². The Kier molecular flexibility index (Phi) is 4.09. The van der Waals surface area contributed by atoms with Crippen LogP contribution in [0.4, 0.5) is 0 Å². The Hall–Kier alpha value is -0.590. The second-order valence-corrected chi connectivity index (χ2v) is 3.27. The second-order valence-electron chi connectivity index (χ2n) is 3.27. The van der Waals surface area contributed by atoms with Gasteiger partial charge in [-0.25, -0.2) is 0 Å². The van der Waals surface area contributed by atoms with Crippen LogP contribution < -0.4 is 0 Å². The number of hydrogen-bond acceptors (Lipinski definition) is 1. The molecule has 0 aliphatic heterocycles. The molecule has 0 radical (unpaired) electrons. The van der Waals surface area contributed by atoms with Crippen molar-refractivity contribution in [3.05, 3.63) is 11.1 Å². The Morgan fingerprint density at radius 3 is 1.82 bits per heavy atom. The van der Waals surface area contributed by atoms with Crippen LogP contribution in [0, 0.1) is 5.92 Å². The third kappa shape index (κ3) is 2.87. The molecule has 0 rings (SSSR count). The lowest BCUT2D eigenvalue weighted by Gasteiger charge is -2.10. The summed E-state index contributed by atoms with van der Waals surface area (Å²) in [5.41, 5.74) is 3.92. The zero-order valence-corrected chi connectivity index (χ0v) is 8.52. The summed E-state index contributed by atoms with van der Waals surface area (Å²) in [5, 5.41) is 0. The third-order valence-electron chi connectivity index (χ3n) is 2.34. The highest BCUT2D eigenvalue weighted by molar-refractivity contribution is 5.98. The maximum absolute atomic E-state index is 4.15. The van der Waals surface area contributed by atoms with Crippen molar-refractivity contribution in [2.45, 2.75) is 34.6 Å². The summed E-state index contributed by atoms with van der Waals surface area (Å²) in [7, 11) is 1.84. The van der Waals surface area contributed by atoms with Gasteiger partial charge in [0.05, 0.1) is 0 Å². The summed E-state index contributed by atoms with van der Waals surface area (Å²) in [5.74, 6) is 0.631. The lowest BCUT2D eigenvalue weighted by Crippen LogP contribution is -2.01. The Balaban J connectivity index is 4.67. The number of allylic oxidation sites excluding steroid dienone is 2. The molecule has 0 heterocycles. The van der Waals surface area contributed by atoms with Crippen LogP contribution in [0.5, 0.6) is 0 Å². The first-order valence-electron chi connectivity index (χ1n) is 4.11. The Labute approximate surface area is 70.2 Å². The van der Waals surface area contributed by atoms with Crippen LogP contribution >= 0.6 is 0 Å². The minimum atomic E-state index is 0.631. The fourth-order valence-corrected chi connectivity index (χ4v) is 0.886. The molecule has 0 unspecified atom stereocenters. The van der Waals surface area contributed by atoms with Gasteiger partial charge in [-0.1, -0.05) is 19.4 Å². The van der Waals surface area contributed by atoms with Crippen LogP contribution in [0.2, 0.25) is 0 Å². The van der Waals surface area contributed by atoms with E-state index in [2.05, 4.69) is 39.6 Å². The summed E-state index contributed by atoms with van der Waals surface area (Å²) in [4.78, 5) is 4.15. The predicted molar refractivity (Wildman–Crippen MR) is 52.2 cm³/mol. The van der Waals surface area contributed by atoms with E-state index in [4.69, 9.17) is 0 Å². The average molecular weight is 153 g/mol. The summed E-state index contributed by atoms with van der Waals surface area (Å²) in [6.45, 7) is 10.8. The van der Waals surface area contributed by atoms with Gasteiger partial charge in [-0.15, -0.1) is 0 Å². The van der Waals surface area contributed by atoms with Gasteiger partial charge in [0.25, 0.3) is 0 Å². The molecule has 11 heavy (non-hydrogen) atoms. The Bertz CT molecular complexity index is 185. The van der Waals surface area contributed by atoms with Crippen molar-refractivity contribution in [2.24, 2.45) is 10.9 Å². The van der Waals surface area contributed by atoms with Crippen molar-refractivity contribution in [3.63, 3.8) is 0 Å². The van der Waals surface area contributed by atoms with Gasteiger partial charge in [0, 0.05) is 12.8 Å². The quantitative estimate of drug-likeness (QED) is 0.541.